The predicted octanol–water partition coefficient (Wildman–Crippen LogP) is 5.07. The summed E-state index contributed by atoms with van der Waals surface area (Å²) >= 11 is 1.53. The summed E-state index contributed by atoms with van der Waals surface area (Å²) in [4.78, 5) is 9.05. The second-order valence-corrected chi connectivity index (χ2v) is 6.42. The van der Waals surface area contributed by atoms with Crippen LogP contribution in [0, 0.1) is 0 Å². The van der Waals surface area contributed by atoms with E-state index in [4.69, 9.17) is 0 Å². The summed E-state index contributed by atoms with van der Waals surface area (Å²) in [6, 6.07) is 25.9. The van der Waals surface area contributed by atoms with Crippen LogP contribution in [0.5, 0.6) is 0 Å². The molecule has 0 saturated carbocycles. The maximum absolute atomic E-state index is 4.62. The van der Waals surface area contributed by atoms with Crippen LogP contribution in [0.1, 0.15) is 11.3 Å². The number of hydrazone groups is 1. The first kappa shape index (κ1) is 16.2. The quantitative estimate of drug-likeness (QED) is 0.401. The van der Waals surface area contributed by atoms with Crippen molar-refractivity contribution in [1.82, 2.24) is 9.97 Å². The molecule has 4 aromatic rings. The van der Waals surface area contributed by atoms with Crippen LogP contribution in [0.2, 0.25) is 0 Å². The number of pyridine rings is 1. The Morgan fingerprint density at radius 2 is 1.58 bits per heavy atom. The van der Waals surface area contributed by atoms with Gasteiger partial charge in [0.2, 0.25) is 5.13 Å². The second-order valence-electron chi connectivity index (χ2n) is 5.56. The Morgan fingerprint density at radius 3 is 2.31 bits per heavy atom. The molecule has 1 N–H and O–H groups in total. The van der Waals surface area contributed by atoms with Gasteiger partial charge in [0.1, 0.15) is 5.71 Å². The molecule has 5 heteroatoms. The number of aromatic nitrogens is 2. The lowest BCUT2D eigenvalue weighted by Crippen LogP contribution is -2.08. The van der Waals surface area contributed by atoms with E-state index < -0.39 is 0 Å². The Morgan fingerprint density at radius 1 is 0.846 bits per heavy atom. The van der Waals surface area contributed by atoms with Gasteiger partial charge >= 0.3 is 0 Å². The lowest BCUT2D eigenvalue weighted by molar-refractivity contribution is 1.24. The SMILES string of the molecule is c1ccc(/C(=N\Nc2nc(-c3ccccc3)cs2)c2ccccn2)cc1. The average molecular weight is 356 g/mol. The summed E-state index contributed by atoms with van der Waals surface area (Å²) < 4.78 is 0. The summed E-state index contributed by atoms with van der Waals surface area (Å²) in [5.41, 5.74) is 7.71. The highest BCUT2D eigenvalue weighted by Crippen LogP contribution is 2.24. The van der Waals surface area contributed by atoms with E-state index in [1.54, 1.807) is 6.20 Å². The minimum Gasteiger partial charge on any atom is -0.255 e. The first-order valence-electron chi connectivity index (χ1n) is 8.21. The summed E-state index contributed by atoms with van der Waals surface area (Å²) in [5, 5.41) is 7.36. The third-order valence-corrected chi connectivity index (χ3v) is 4.54. The predicted molar refractivity (Wildman–Crippen MR) is 107 cm³/mol. The fraction of sp³-hybridized carbons (Fsp3) is 0. The third-order valence-electron chi connectivity index (χ3n) is 3.79. The summed E-state index contributed by atoms with van der Waals surface area (Å²) in [7, 11) is 0. The molecule has 0 fully saturated rings. The minimum absolute atomic E-state index is 0.744. The normalized spacial score (nSPS) is 11.3. The second kappa shape index (κ2) is 7.72. The maximum Gasteiger partial charge on any atom is 0.203 e. The first-order valence-corrected chi connectivity index (χ1v) is 9.09. The average Bonchev–Trinajstić information content (AvgIpc) is 3.20. The molecule has 2 aromatic heterocycles. The van der Waals surface area contributed by atoms with E-state index >= 15 is 0 Å². The molecule has 2 heterocycles. The molecule has 0 unspecified atom stereocenters. The van der Waals surface area contributed by atoms with Gasteiger partial charge in [0.15, 0.2) is 0 Å². The van der Waals surface area contributed by atoms with Crippen LogP contribution < -0.4 is 5.43 Å². The van der Waals surface area contributed by atoms with E-state index in [1.165, 1.54) is 11.3 Å². The molecule has 2 aromatic carbocycles. The molecule has 0 aliphatic heterocycles. The van der Waals surface area contributed by atoms with Gasteiger partial charge in [-0.25, -0.2) is 4.98 Å². The highest BCUT2D eigenvalue weighted by molar-refractivity contribution is 7.14. The lowest BCUT2D eigenvalue weighted by Gasteiger charge is -2.06. The van der Waals surface area contributed by atoms with Crippen molar-refractivity contribution in [3.05, 3.63) is 102 Å². The van der Waals surface area contributed by atoms with Gasteiger partial charge in [-0.3, -0.25) is 10.4 Å². The topological polar surface area (TPSA) is 50.2 Å². The minimum atomic E-state index is 0.744. The molecule has 0 amide bonds. The van der Waals surface area contributed by atoms with Crippen molar-refractivity contribution in [1.29, 1.82) is 0 Å². The van der Waals surface area contributed by atoms with E-state index in [2.05, 4.69) is 20.5 Å². The van der Waals surface area contributed by atoms with Crippen molar-refractivity contribution in [2.24, 2.45) is 5.10 Å². The lowest BCUT2D eigenvalue weighted by atomic mass is 10.1. The Balaban J connectivity index is 1.63. The number of hydrogen-bond acceptors (Lipinski definition) is 5. The van der Waals surface area contributed by atoms with Crippen LogP contribution in [-0.2, 0) is 0 Å². The fourth-order valence-corrected chi connectivity index (χ4v) is 3.20. The van der Waals surface area contributed by atoms with E-state index in [1.807, 2.05) is 84.2 Å². The molecule has 0 aliphatic rings. The van der Waals surface area contributed by atoms with Crippen molar-refractivity contribution in [2.45, 2.75) is 0 Å². The van der Waals surface area contributed by atoms with Gasteiger partial charge in [-0.1, -0.05) is 66.7 Å². The van der Waals surface area contributed by atoms with Crippen molar-refractivity contribution in [3.63, 3.8) is 0 Å². The fourth-order valence-electron chi connectivity index (χ4n) is 2.54. The van der Waals surface area contributed by atoms with Crippen molar-refractivity contribution >= 4 is 22.2 Å². The molecule has 126 valence electrons. The zero-order chi connectivity index (χ0) is 17.6. The number of nitrogens with zero attached hydrogens (tertiary/aromatic N) is 3. The van der Waals surface area contributed by atoms with Crippen LogP contribution in [0.25, 0.3) is 11.3 Å². The van der Waals surface area contributed by atoms with Crippen LogP contribution >= 0.6 is 11.3 Å². The Kier molecular flexibility index (Phi) is 4.80. The van der Waals surface area contributed by atoms with Crippen molar-refractivity contribution < 1.29 is 0 Å². The van der Waals surface area contributed by atoms with Crippen LogP contribution in [0.15, 0.2) is 95.5 Å². The van der Waals surface area contributed by atoms with Gasteiger partial charge in [0.05, 0.1) is 11.4 Å². The van der Waals surface area contributed by atoms with Gasteiger partial charge in [0.25, 0.3) is 0 Å². The van der Waals surface area contributed by atoms with E-state index in [9.17, 15) is 0 Å². The highest BCUT2D eigenvalue weighted by Gasteiger charge is 2.09. The smallest absolute Gasteiger partial charge is 0.203 e. The van der Waals surface area contributed by atoms with Gasteiger partial charge < -0.3 is 0 Å². The number of hydrogen-bond donors (Lipinski definition) is 1. The summed E-state index contributed by atoms with van der Waals surface area (Å²) in [6.07, 6.45) is 1.77. The number of nitrogens with one attached hydrogen (secondary N) is 1. The Labute approximate surface area is 155 Å². The van der Waals surface area contributed by atoms with Gasteiger partial charge in [0, 0.05) is 22.7 Å². The molecule has 0 spiro atoms. The van der Waals surface area contributed by atoms with Gasteiger partial charge in [-0.15, -0.1) is 11.3 Å². The molecule has 4 rings (SSSR count). The van der Waals surface area contributed by atoms with Crippen molar-refractivity contribution in [2.75, 3.05) is 5.43 Å². The van der Waals surface area contributed by atoms with Crippen molar-refractivity contribution in [3.8, 4) is 11.3 Å². The number of benzene rings is 2. The zero-order valence-corrected chi connectivity index (χ0v) is 14.7. The number of rotatable bonds is 5. The van der Waals surface area contributed by atoms with Gasteiger partial charge in [-0.05, 0) is 12.1 Å². The first-order chi connectivity index (χ1) is 12.9. The summed E-state index contributed by atoms with van der Waals surface area (Å²) in [5.74, 6) is 0. The molecule has 4 nitrogen and oxygen atoms in total. The molecular weight excluding hydrogens is 340 g/mol. The molecule has 0 bridgehead atoms. The zero-order valence-electron chi connectivity index (χ0n) is 13.9. The monoisotopic (exact) mass is 356 g/mol. The summed E-state index contributed by atoms with van der Waals surface area (Å²) in [6.45, 7) is 0. The molecule has 0 atom stereocenters. The Bertz CT molecular complexity index is 954. The van der Waals surface area contributed by atoms with Crippen LogP contribution in [0.3, 0.4) is 0 Å². The third kappa shape index (κ3) is 3.68. The molecule has 0 radical (unpaired) electrons. The number of anilines is 1. The molecular formula is C21H16N4S. The van der Waals surface area contributed by atoms with Crippen LogP contribution in [0.4, 0.5) is 5.13 Å². The van der Waals surface area contributed by atoms with Gasteiger partial charge in [-0.2, -0.15) is 5.10 Å². The Hall–Kier alpha value is -3.31. The van der Waals surface area contributed by atoms with Crippen LogP contribution in [-0.4, -0.2) is 15.7 Å². The number of thiazole rings is 1. The van der Waals surface area contributed by atoms with E-state index in [0.29, 0.717) is 0 Å². The molecule has 26 heavy (non-hydrogen) atoms. The standard InChI is InChI=1S/C21H16N4S/c1-3-9-16(10-4-1)19-15-26-21(23-19)25-24-20(17-11-5-2-6-12-17)18-13-7-8-14-22-18/h1-15H,(H,23,25)/b24-20+. The van der Waals surface area contributed by atoms with E-state index in [0.717, 1.165) is 33.4 Å². The largest absolute Gasteiger partial charge is 0.255 e. The maximum atomic E-state index is 4.62. The molecule has 0 aliphatic carbocycles. The van der Waals surface area contributed by atoms with E-state index in [-0.39, 0.29) is 0 Å². The molecule has 0 saturated heterocycles. The highest BCUT2D eigenvalue weighted by atomic mass is 32.1.